The fourth-order valence-electron chi connectivity index (χ4n) is 7.09. The molecule has 0 saturated carbocycles. The van der Waals surface area contributed by atoms with Crippen molar-refractivity contribution in [3.05, 3.63) is 124 Å². The van der Waals surface area contributed by atoms with Gasteiger partial charge in [0.05, 0.1) is 0 Å². The van der Waals surface area contributed by atoms with Gasteiger partial charge in [-0.05, 0) is 163 Å². The van der Waals surface area contributed by atoms with Crippen molar-refractivity contribution >= 4 is 0 Å². The summed E-state index contributed by atoms with van der Waals surface area (Å²) in [5, 5.41) is 61.1. The predicted octanol–water partition coefficient (Wildman–Crippen LogP) is 9.96. The first kappa shape index (κ1) is 35.5. The smallest absolute Gasteiger partial charge is 0.164 e. The first-order valence-electron chi connectivity index (χ1n) is 17.3. The van der Waals surface area contributed by atoms with E-state index in [1.54, 1.807) is 36.4 Å². The highest BCUT2D eigenvalue weighted by atomic mass is 16.3. The molecule has 0 unspecified atom stereocenters. The summed E-state index contributed by atoms with van der Waals surface area (Å²) < 4.78 is 0. The minimum absolute atomic E-state index is 0.0343. The van der Waals surface area contributed by atoms with Crippen molar-refractivity contribution in [1.29, 1.82) is 0 Å². The molecule has 0 spiro atoms. The molecule has 6 N–H and O–H groups in total. The van der Waals surface area contributed by atoms with Gasteiger partial charge in [0, 0.05) is 34.9 Å². The van der Waals surface area contributed by atoms with Gasteiger partial charge >= 0.3 is 0 Å². The van der Waals surface area contributed by atoms with E-state index in [2.05, 4.69) is 0 Å². The van der Waals surface area contributed by atoms with Crippen LogP contribution in [0.5, 0.6) is 34.5 Å². The van der Waals surface area contributed by atoms with Crippen LogP contribution in [0, 0.1) is 41.5 Å². The van der Waals surface area contributed by atoms with Crippen molar-refractivity contribution in [2.75, 3.05) is 0 Å². The predicted molar refractivity (Wildman–Crippen MR) is 211 cm³/mol. The normalized spacial score (nSPS) is 11.2. The molecular formula is C45H39N3O6. The number of benzene rings is 6. The fourth-order valence-corrected chi connectivity index (χ4v) is 7.09. The van der Waals surface area contributed by atoms with Crippen molar-refractivity contribution in [1.82, 2.24) is 15.0 Å². The number of phenolic OH excluding ortho intramolecular Hbond substituents is 6. The number of hydrogen-bond acceptors (Lipinski definition) is 9. The molecule has 0 aliphatic heterocycles. The molecule has 0 aliphatic rings. The van der Waals surface area contributed by atoms with E-state index in [0.717, 1.165) is 66.8 Å². The van der Waals surface area contributed by atoms with Crippen LogP contribution in [0.1, 0.15) is 33.4 Å². The molecule has 270 valence electrons. The molecule has 0 saturated heterocycles. The van der Waals surface area contributed by atoms with E-state index in [4.69, 9.17) is 15.0 Å². The Morgan fingerprint density at radius 2 is 0.444 bits per heavy atom. The first-order valence-corrected chi connectivity index (χ1v) is 17.3. The summed E-state index contributed by atoms with van der Waals surface area (Å²) in [7, 11) is 0. The summed E-state index contributed by atoms with van der Waals surface area (Å²) in [5.74, 6) is 1.17. The molecule has 0 aliphatic carbocycles. The van der Waals surface area contributed by atoms with Gasteiger partial charge in [-0.3, -0.25) is 0 Å². The Balaban J connectivity index is 1.42. The zero-order valence-corrected chi connectivity index (χ0v) is 30.7. The van der Waals surface area contributed by atoms with Gasteiger partial charge in [0.1, 0.15) is 34.5 Å². The highest BCUT2D eigenvalue weighted by molar-refractivity contribution is 5.81. The number of rotatable bonds is 6. The van der Waals surface area contributed by atoms with Crippen molar-refractivity contribution in [3.63, 3.8) is 0 Å². The highest BCUT2D eigenvalue weighted by Crippen LogP contribution is 2.39. The van der Waals surface area contributed by atoms with Gasteiger partial charge in [-0.25, -0.2) is 15.0 Å². The molecule has 7 rings (SSSR count). The molecule has 0 bridgehead atoms. The molecule has 6 aromatic carbocycles. The Kier molecular flexibility index (Phi) is 8.95. The maximum absolute atomic E-state index is 10.2. The van der Waals surface area contributed by atoms with Gasteiger partial charge in [-0.15, -0.1) is 0 Å². The Morgan fingerprint density at radius 1 is 0.259 bits per heavy atom. The Labute approximate surface area is 312 Å². The van der Waals surface area contributed by atoms with Gasteiger partial charge in [-0.2, -0.15) is 0 Å². The lowest BCUT2D eigenvalue weighted by atomic mass is 9.93. The van der Waals surface area contributed by atoms with Gasteiger partial charge in [0.15, 0.2) is 17.5 Å². The first-order chi connectivity index (χ1) is 25.6. The van der Waals surface area contributed by atoms with E-state index < -0.39 is 0 Å². The molecule has 7 aromatic rings. The summed E-state index contributed by atoms with van der Waals surface area (Å²) in [6.07, 6.45) is 0. The number of aryl methyl sites for hydroxylation is 6. The van der Waals surface area contributed by atoms with E-state index in [9.17, 15) is 30.6 Å². The van der Waals surface area contributed by atoms with E-state index in [1.807, 2.05) is 77.9 Å². The number of aromatic nitrogens is 3. The largest absolute Gasteiger partial charge is 0.508 e. The summed E-state index contributed by atoms with van der Waals surface area (Å²) in [6.45, 7) is 11.8. The number of aromatic hydroxyl groups is 6. The minimum atomic E-state index is -0.0343. The van der Waals surface area contributed by atoms with Crippen LogP contribution in [0.15, 0.2) is 91.0 Å². The standard InChI is InChI=1S/C45H39N3O6/c1-22-10-40(25(4)7-37(22)28-13-31(49)19-32(50)14-28)43-46-44(41-11-23(2)38(8-26(41)5)29-15-33(51)20-34(52)16-29)48-45(47-43)42-12-24(3)39(9-27(42)6)30-17-35(53)21-36(54)18-30/h7-21,49-54H,1-6H3. The van der Waals surface area contributed by atoms with Gasteiger partial charge < -0.3 is 30.6 Å². The van der Waals surface area contributed by atoms with Crippen LogP contribution in [0.4, 0.5) is 0 Å². The molecule has 54 heavy (non-hydrogen) atoms. The monoisotopic (exact) mass is 717 g/mol. The Hall–Kier alpha value is -6.87. The average Bonchev–Trinajstić information content (AvgIpc) is 3.09. The quantitative estimate of drug-likeness (QED) is 0.0984. The molecule has 0 atom stereocenters. The SMILES string of the molecule is Cc1cc(-c2nc(-c3cc(C)c(-c4cc(O)cc(O)c4)cc3C)nc(-c3cc(C)c(-c4cc(O)cc(O)c4)cc3C)n2)c(C)cc1-c1cc(O)cc(O)c1. The molecule has 0 fully saturated rings. The van der Waals surface area contributed by atoms with Crippen LogP contribution in [0.3, 0.4) is 0 Å². The van der Waals surface area contributed by atoms with Crippen LogP contribution in [-0.2, 0) is 0 Å². The lowest BCUT2D eigenvalue weighted by molar-refractivity contribution is 0.450. The van der Waals surface area contributed by atoms with E-state index in [0.29, 0.717) is 34.2 Å². The van der Waals surface area contributed by atoms with Gasteiger partial charge in [0.25, 0.3) is 0 Å². The summed E-state index contributed by atoms with van der Waals surface area (Å²) in [5.41, 5.74) is 12.2. The van der Waals surface area contributed by atoms with E-state index in [-0.39, 0.29) is 34.5 Å². The third kappa shape index (κ3) is 6.87. The van der Waals surface area contributed by atoms with E-state index in [1.165, 1.54) is 18.2 Å². The van der Waals surface area contributed by atoms with Crippen molar-refractivity contribution in [2.24, 2.45) is 0 Å². The highest BCUT2D eigenvalue weighted by Gasteiger charge is 2.20. The molecule has 1 aromatic heterocycles. The maximum Gasteiger partial charge on any atom is 0.164 e. The minimum Gasteiger partial charge on any atom is -0.508 e. The average molecular weight is 718 g/mol. The second kappa shape index (κ2) is 13.6. The fraction of sp³-hybridized carbons (Fsp3) is 0.133. The second-order valence-electron chi connectivity index (χ2n) is 14.0. The molecule has 1 heterocycles. The third-order valence-electron chi connectivity index (χ3n) is 9.71. The molecule has 9 nitrogen and oxygen atoms in total. The Morgan fingerprint density at radius 3 is 0.667 bits per heavy atom. The van der Waals surface area contributed by atoms with Crippen molar-refractivity contribution in [3.8, 4) is 102 Å². The van der Waals surface area contributed by atoms with Crippen molar-refractivity contribution < 1.29 is 30.6 Å². The second-order valence-corrected chi connectivity index (χ2v) is 14.0. The lowest BCUT2D eigenvalue weighted by Gasteiger charge is -2.17. The zero-order chi connectivity index (χ0) is 38.6. The summed E-state index contributed by atoms with van der Waals surface area (Å²) >= 11 is 0. The Bertz CT molecular complexity index is 2290. The molecule has 9 heteroatoms. The van der Waals surface area contributed by atoms with Gasteiger partial charge in [-0.1, -0.05) is 18.2 Å². The summed E-state index contributed by atoms with van der Waals surface area (Å²) in [6, 6.07) is 25.5. The maximum atomic E-state index is 10.2. The van der Waals surface area contributed by atoms with Crippen molar-refractivity contribution in [2.45, 2.75) is 41.5 Å². The van der Waals surface area contributed by atoms with Crippen LogP contribution in [0.25, 0.3) is 67.5 Å². The van der Waals surface area contributed by atoms with Crippen LogP contribution in [0.2, 0.25) is 0 Å². The topological polar surface area (TPSA) is 160 Å². The van der Waals surface area contributed by atoms with Gasteiger partial charge in [0.2, 0.25) is 0 Å². The van der Waals surface area contributed by atoms with Crippen LogP contribution < -0.4 is 0 Å². The number of hydrogen-bond donors (Lipinski definition) is 6. The lowest BCUT2D eigenvalue weighted by Crippen LogP contribution is -2.04. The molecule has 0 radical (unpaired) electrons. The number of nitrogens with zero attached hydrogens (tertiary/aromatic N) is 3. The zero-order valence-electron chi connectivity index (χ0n) is 30.7. The van der Waals surface area contributed by atoms with Crippen LogP contribution >= 0.6 is 0 Å². The third-order valence-corrected chi connectivity index (χ3v) is 9.71. The molecular weight excluding hydrogens is 679 g/mol. The molecule has 0 amide bonds. The summed E-state index contributed by atoms with van der Waals surface area (Å²) in [4.78, 5) is 15.2. The number of phenols is 6. The van der Waals surface area contributed by atoms with Crippen LogP contribution in [-0.4, -0.2) is 45.6 Å². The van der Waals surface area contributed by atoms with E-state index >= 15 is 0 Å².